The third-order valence-corrected chi connectivity index (χ3v) is 7.98. The van der Waals surface area contributed by atoms with Gasteiger partial charge in [0.25, 0.3) is 11.8 Å². The summed E-state index contributed by atoms with van der Waals surface area (Å²) in [5.74, 6) is -2.68. The highest BCUT2D eigenvalue weighted by Crippen LogP contribution is 2.25. The minimum atomic E-state index is -1.22. The number of hydrogen-bond acceptors (Lipinski definition) is 8. The normalized spacial score (nSPS) is 13.5. The number of primary amides is 1. The number of nitrogens with two attached hydrogens (primary N) is 1. The van der Waals surface area contributed by atoms with Gasteiger partial charge in [0.15, 0.2) is 5.78 Å². The van der Waals surface area contributed by atoms with Crippen molar-refractivity contribution in [3.8, 4) is 0 Å². The monoisotopic (exact) mass is 615 g/mol. The summed E-state index contributed by atoms with van der Waals surface area (Å²) in [7, 11) is 0. The molecule has 44 heavy (non-hydrogen) atoms. The molecule has 0 fully saturated rings. The van der Waals surface area contributed by atoms with E-state index in [0.29, 0.717) is 22.4 Å². The summed E-state index contributed by atoms with van der Waals surface area (Å²) in [6.07, 6.45) is 2.13. The fraction of sp³-hybridized carbons (Fsp3) is 0.333. The third-order valence-electron chi connectivity index (χ3n) is 7.03. The van der Waals surface area contributed by atoms with Crippen molar-refractivity contribution in [2.75, 3.05) is 0 Å². The van der Waals surface area contributed by atoms with Crippen LogP contribution in [0.4, 0.5) is 0 Å². The van der Waals surface area contributed by atoms with Gasteiger partial charge in [0.05, 0.1) is 29.0 Å². The molecule has 3 unspecified atom stereocenters. The van der Waals surface area contributed by atoms with E-state index in [0.717, 1.165) is 10.9 Å². The first kappa shape index (κ1) is 32.4. The molecule has 0 bridgehead atoms. The molecule has 0 saturated carbocycles. The Morgan fingerprint density at radius 1 is 0.955 bits per heavy atom. The minimum absolute atomic E-state index is 0.0939. The fourth-order valence-corrected chi connectivity index (χ4v) is 5.75. The minimum Gasteiger partial charge on any atom is -0.392 e. The maximum atomic E-state index is 13.7. The number of nitrogens with one attached hydrogen (secondary N) is 2. The van der Waals surface area contributed by atoms with Gasteiger partial charge in [-0.1, -0.05) is 30.3 Å². The van der Waals surface area contributed by atoms with Crippen molar-refractivity contribution in [1.82, 2.24) is 20.6 Å². The van der Waals surface area contributed by atoms with E-state index < -0.39 is 47.6 Å². The largest absolute Gasteiger partial charge is 0.392 e. The molecule has 4 rings (SSSR count). The molecular weight excluding hydrogens is 578 g/mol. The van der Waals surface area contributed by atoms with Gasteiger partial charge in [-0.25, -0.2) is 4.98 Å². The molecule has 0 radical (unpaired) electrons. The zero-order valence-corrected chi connectivity index (χ0v) is 25.8. The number of para-hydroxylation sites is 1. The van der Waals surface area contributed by atoms with E-state index in [1.807, 2.05) is 39.0 Å². The summed E-state index contributed by atoms with van der Waals surface area (Å²) >= 11 is 1.28. The summed E-state index contributed by atoms with van der Waals surface area (Å²) in [5, 5.41) is 19.7. The highest BCUT2D eigenvalue weighted by molar-refractivity contribution is 7.12. The van der Waals surface area contributed by atoms with Gasteiger partial charge in [0.2, 0.25) is 5.91 Å². The highest BCUT2D eigenvalue weighted by atomic mass is 32.1. The lowest BCUT2D eigenvalue weighted by molar-refractivity contribution is -0.126. The molecule has 3 heterocycles. The Kier molecular flexibility index (Phi) is 10.6. The summed E-state index contributed by atoms with van der Waals surface area (Å²) in [5.41, 5.74) is 7.20. The van der Waals surface area contributed by atoms with E-state index in [1.165, 1.54) is 11.3 Å². The molecule has 4 aromatic rings. The zero-order valence-electron chi connectivity index (χ0n) is 24.9. The van der Waals surface area contributed by atoms with E-state index >= 15 is 0 Å². The van der Waals surface area contributed by atoms with E-state index in [-0.39, 0.29) is 24.4 Å². The number of aliphatic hydroxyl groups excluding tert-OH is 1. The zero-order chi connectivity index (χ0) is 31.9. The van der Waals surface area contributed by atoms with Gasteiger partial charge in [-0.2, -0.15) is 0 Å². The number of carbonyl (C=O) groups is 4. The molecule has 10 nitrogen and oxygen atoms in total. The highest BCUT2D eigenvalue weighted by Gasteiger charge is 2.31. The van der Waals surface area contributed by atoms with Gasteiger partial charge >= 0.3 is 0 Å². The van der Waals surface area contributed by atoms with E-state index in [9.17, 15) is 24.3 Å². The lowest BCUT2D eigenvalue weighted by atomic mass is 9.85. The van der Waals surface area contributed by atoms with Gasteiger partial charge in [-0.3, -0.25) is 24.2 Å². The summed E-state index contributed by atoms with van der Waals surface area (Å²) in [4.78, 5) is 60.7. The van der Waals surface area contributed by atoms with Crippen LogP contribution < -0.4 is 16.4 Å². The number of nitrogens with zero attached hydrogens (tertiary/aromatic N) is 2. The van der Waals surface area contributed by atoms with E-state index in [1.54, 1.807) is 54.2 Å². The van der Waals surface area contributed by atoms with Crippen LogP contribution in [-0.4, -0.2) is 56.3 Å². The van der Waals surface area contributed by atoms with Crippen LogP contribution in [0.15, 0.2) is 72.4 Å². The average molecular weight is 616 g/mol. The number of aromatic nitrogens is 2. The molecule has 0 aliphatic rings. The number of Topliss-reactive ketones (excluding diaryl/α,β-unsaturated/α-hetero) is 1. The molecule has 3 atom stereocenters. The van der Waals surface area contributed by atoms with Gasteiger partial charge in [-0.15, -0.1) is 11.3 Å². The van der Waals surface area contributed by atoms with Crippen LogP contribution in [0.2, 0.25) is 0 Å². The van der Waals surface area contributed by atoms with Crippen molar-refractivity contribution in [1.29, 1.82) is 0 Å². The number of ketones is 1. The fourth-order valence-electron chi connectivity index (χ4n) is 4.92. The quantitative estimate of drug-likeness (QED) is 0.178. The van der Waals surface area contributed by atoms with Crippen LogP contribution in [-0.2, 0) is 22.4 Å². The lowest BCUT2D eigenvalue weighted by Crippen LogP contribution is -2.45. The van der Waals surface area contributed by atoms with Crippen molar-refractivity contribution in [2.24, 2.45) is 11.7 Å². The maximum absolute atomic E-state index is 13.7. The molecule has 230 valence electrons. The molecule has 0 spiro atoms. The first-order chi connectivity index (χ1) is 20.9. The SMILES string of the molecule is CC(C)(C)NC(=O)c1sccc1CC(O)C(CC(=O)C(CC(N)=O)NC(=O)c1ccc2ccccc2n1)Cc1cccnc1. The summed E-state index contributed by atoms with van der Waals surface area (Å²) < 4.78 is 0. The summed E-state index contributed by atoms with van der Waals surface area (Å²) in [6.45, 7) is 5.67. The number of aliphatic hydroxyl groups is 1. The molecule has 3 amide bonds. The van der Waals surface area contributed by atoms with Crippen molar-refractivity contribution in [2.45, 2.75) is 64.1 Å². The van der Waals surface area contributed by atoms with Crippen molar-refractivity contribution >= 4 is 45.7 Å². The molecule has 1 aromatic carbocycles. The number of fused-ring (bicyclic) bond motifs is 1. The Bertz CT molecular complexity index is 1630. The number of amides is 3. The Morgan fingerprint density at radius 3 is 2.43 bits per heavy atom. The predicted octanol–water partition coefficient (Wildman–Crippen LogP) is 3.62. The number of rotatable bonds is 13. The Balaban J connectivity index is 1.54. The predicted molar refractivity (Wildman–Crippen MR) is 169 cm³/mol. The average Bonchev–Trinajstić information content (AvgIpc) is 3.44. The molecule has 11 heteroatoms. The second kappa shape index (κ2) is 14.3. The third kappa shape index (κ3) is 9.01. The standard InChI is InChI=1S/C33H37N5O5S/c1-33(2,3)38-32(43)30-22(12-14-44-30)16-27(39)23(15-20-7-6-13-35-19-20)17-28(40)26(18-29(34)41)37-31(42)25-11-10-21-8-4-5-9-24(21)36-25/h4-14,19,23,26-27,39H,15-18H2,1-3H3,(H2,34,41)(H,37,42)(H,38,43). The molecule has 0 saturated heterocycles. The first-order valence-electron chi connectivity index (χ1n) is 14.3. The number of thiophene rings is 1. The van der Waals surface area contributed by atoms with Crippen molar-refractivity contribution in [3.05, 3.63) is 94.1 Å². The van der Waals surface area contributed by atoms with Gasteiger partial charge < -0.3 is 21.5 Å². The van der Waals surface area contributed by atoms with Gasteiger partial charge in [-0.05, 0) is 73.9 Å². The van der Waals surface area contributed by atoms with Crippen LogP contribution in [0.25, 0.3) is 10.9 Å². The Labute approximate surface area is 260 Å². The van der Waals surface area contributed by atoms with Crippen LogP contribution in [0.5, 0.6) is 0 Å². The first-order valence-corrected chi connectivity index (χ1v) is 15.2. The van der Waals surface area contributed by atoms with Crippen LogP contribution >= 0.6 is 11.3 Å². The molecule has 0 aliphatic carbocycles. The second-order valence-electron chi connectivity index (χ2n) is 11.8. The smallest absolute Gasteiger partial charge is 0.270 e. The second-order valence-corrected chi connectivity index (χ2v) is 12.7. The lowest BCUT2D eigenvalue weighted by Gasteiger charge is -2.25. The number of hydrogen-bond donors (Lipinski definition) is 4. The number of benzene rings is 1. The van der Waals surface area contributed by atoms with Gasteiger partial charge in [0, 0.05) is 36.2 Å². The maximum Gasteiger partial charge on any atom is 0.270 e. The van der Waals surface area contributed by atoms with E-state index in [2.05, 4.69) is 20.6 Å². The molecular formula is C33H37N5O5S. The van der Waals surface area contributed by atoms with Crippen LogP contribution in [0, 0.1) is 5.92 Å². The van der Waals surface area contributed by atoms with Crippen molar-refractivity contribution in [3.63, 3.8) is 0 Å². The van der Waals surface area contributed by atoms with Gasteiger partial charge in [0.1, 0.15) is 5.69 Å². The van der Waals surface area contributed by atoms with Crippen LogP contribution in [0.1, 0.15) is 64.9 Å². The van der Waals surface area contributed by atoms with Crippen molar-refractivity contribution < 1.29 is 24.3 Å². The Hall–Kier alpha value is -4.48. The topological polar surface area (TPSA) is 164 Å². The van der Waals surface area contributed by atoms with E-state index in [4.69, 9.17) is 5.73 Å². The Morgan fingerprint density at radius 2 is 1.73 bits per heavy atom. The van der Waals surface area contributed by atoms with Crippen LogP contribution in [0.3, 0.4) is 0 Å². The molecule has 5 N–H and O–H groups in total. The number of pyridine rings is 2. The number of carbonyl (C=O) groups excluding carboxylic acids is 4. The molecule has 0 aliphatic heterocycles. The summed E-state index contributed by atoms with van der Waals surface area (Å²) in [6, 6.07) is 14.8. The molecule has 3 aromatic heterocycles.